The highest BCUT2D eigenvalue weighted by Gasteiger charge is 2.21. The first-order chi connectivity index (χ1) is 4.70. The van der Waals surface area contributed by atoms with Gasteiger partial charge in [0.25, 0.3) is 0 Å². The van der Waals surface area contributed by atoms with E-state index >= 15 is 0 Å². The summed E-state index contributed by atoms with van der Waals surface area (Å²) in [6.07, 6.45) is 4.09. The van der Waals surface area contributed by atoms with Crippen molar-refractivity contribution in [2.45, 2.75) is 18.5 Å². The average molecular weight is 179 g/mol. The van der Waals surface area contributed by atoms with Crippen LogP contribution < -0.4 is 0 Å². The number of nitrogens with zero attached hydrogens (tertiary/aromatic N) is 1. The molecule has 2 nitrogen and oxygen atoms in total. The van der Waals surface area contributed by atoms with Crippen molar-refractivity contribution in [1.82, 2.24) is 4.31 Å². The fourth-order valence-corrected chi connectivity index (χ4v) is 2.16. The van der Waals surface area contributed by atoms with Crippen LogP contribution in [0.2, 0.25) is 0 Å². The van der Waals surface area contributed by atoms with Crippen LogP contribution in [0.25, 0.3) is 0 Å². The third-order valence-electron chi connectivity index (χ3n) is 1.86. The lowest BCUT2D eigenvalue weighted by atomic mass is 10.2. The topological polar surface area (TPSA) is 26.3 Å². The second kappa shape index (κ2) is 3.91. The lowest BCUT2D eigenvalue weighted by Gasteiger charge is -2.28. The molecule has 60 valence electrons. The second-order valence-corrected chi connectivity index (χ2v) is 5.00. The van der Waals surface area contributed by atoms with Crippen LogP contribution in [-0.4, -0.2) is 33.9 Å². The highest BCUT2D eigenvalue weighted by molar-refractivity contribution is 7.88. The molecule has 0 bridgehead atoms. The largest absolute Gasteiger partial charge is 0.598 e. The van der Waals surface area contributed by atoms with Crippen molar-refractivity contribution in [1.29, 1.82) is 0 Å². The molecule has 1 rings (SSSR count). The monoisotopic (exact) mass is 179 g/mol. The van der Waals surface area contributed by atoms with E-state index in [9.17, 15) is 4.55 Å². The Morgan fingerprint density at radius 2 is 2.00 bits per heavy atom. The van der Waals surface area contributed by atoms with Crippen LogP contribution in [0.3, 0.4) is 0 Å². The van der Waals surface area contributed by atoms with E-state index in [4.69, 9.17) is 0 Å². The van der Waals surface area contributed by atoms with Gasteiger partial charge in [0.15, 0.2) is 0 Å². The summed E-state index contributed by atoms with van der Waals surface area (Å²) in [6.45, 7) is 1.99. The summed E-state index contributed by atoms with van der Waals surface area (Å²) < 4.78 is 13.0. The second-order valence-electron chi connectivity index (χ2n) is 2.69. The molecule has 2 atom stereocenters. The van der Waals surface area contributed by atoms with E-state index in [0.29, 0.717) is 0 Å². The molecule has 0 saturated carbocycles. The van der Waals surface area contributed by atoms with E-state index in [1.54, 1.807) is 6.26 Å². The van der Waals surface area contributed by atoms with Gasteiger partial charge in [0.2, 0.25) is 0 Å². The van der Waals surface area contributed by atoms with Crippen LogP contribution >= 0.6 is 9.24 Å². The summed E-state index contributed by atoms with van der Waals surface area (Å²) >= 11 is -0.743. The molecule has 1 fully saturated rings. The van der Waals surface area contributed by atoms with Crippen molar-refractivity contribution in [3.05, 3.63) is 0 Å². The molecular formula is C6H14NOPS. The van der Waals surface area contributed by atoms with Crippen molar-refractivity contribution < 1.29 is 4.55 Å². The first-order valence-corrected chi connectivity index (χ1v) is 5.72. The number of piperidine rings is 1. The molecule has 0 amide bonds. The van der Waals surface area contributed by atoms with Crippen LogP contribution in [0, 0.1) is 0 Å². The third-order valence-corrected chi connectivity index (χ3v) is 3.62. The van der Waals surface area contributed by atoms with Crippen molar-refractivity contribution in [3.8, 4) is 0 Å². The molecule has 1 saturated heterocycles. The molecule has 0 aliphatic carbocycles. The summed E-state index contributed by atoms with van der Waals surface area (Å²) in [5, 5.41) is 0. The quantitative estimate of drug-likeness (QED) is 0.435. The van der Waals surface area contributed by atoms with E-state index in [2.05, 4.69) is 9.24 Å². The van der Waals surface area contributed by atoms with Crippen LogP contribution in [-0.2, 0) is 11.4 Å². The number of hydrogen-bond donors (Lipinski definition) is 0. The maximum absolute atomic E-state index is 10.9. The predicted molar refractivity (Wildman–Crippen MR) is 48.4 cm³/mol. The van der Waals surface area contributed by atoms with Crippen molar-refractivity contribution in [2.24, 2.45) is 0 Å². The van der Waals surface area contributed by atoms with Gasteiger partial charge in [-0.25, -0.2) is 0 Å². The SMILES string of the molecule is C[S+]([O-])N1CCC(P)CC1. The van der Waals surface area contributed by atoms with Gasteiger partial charge in [-0.3, -0.25) is 0 Å². The summed E-state index contributed by atoms with van der Waals surface area (Å²) in [6, 6.07) is 0. The fourth-order valence-electron chi connectivity index (χ4n) is 1.13. The zero-order valence-electron chi connectivity index (χ0n) is 6.25. The molecule has 4 heteroatoms. The molecule has 0 N–H and O–H groups in total. The Balaban J connectivity index is 2.26. The summed E-state index contributed by atoms with van der Waals surface area (Å²) in [7, 11) is 2.83. The van der Waals surface area contributed by atoms with Gasteiger partial charge in [-0.05, 0) is 18.5 Å². The Bertz CT molecular complexity index is 104. The normalized spacial score (nSPS) is 26.7. The lowest BCUT2D eigenvalue weighted by Crippen LogP contribution is -2.37. The molecule has 0 spiro atoms. The Morgan fingerprint density at radius 1 is 1.50 bits per heavy atom. The van der Waals surface area contributed by atoms with Gasteiger partial charge >= 0.3 is 0 Å². The summed E-state index contributed by atoms with van der Waals surface area (Å²) in [5.41, 5.74) is 0.750. The third kappa shape index (κ3) is 2.39. The molecule has 1 heterocycles. The maximum atomic E-state index is 10.9. The van der Waals surface area contributed by atoms with E-state index < -0.39 is 11.4 Å². The summed E-state index contributed by atoms with van der Waals surface area (Å²) in [5.74, 6) is 0. The first kappa shape index (κ1) is 8.79. The van der Waals surface area contributed by atoms with Gasteiger partial charge in [-0.2, -0.15) is 0 Å². The first-order valence-electron chi connectivity index (χ1n) is 3.54. The highest BCUT2D eigenvalue weighted by atomic mass is 32.2. The van der Waals surface area contributed by atoms with Gasteiger partial charge in [-0.1, -0.05) is 0 Å². The van der Waals surface area contributed by atoms with Gasteiger partial charge in [-0.15, -0.1) is 13.5 Å². The molecule has 1 aliphatic rings. The minimum absolute atomic E-state index is 0.743. The zero-order valence-corrected chi connectivity index (χ0v) is 8.22. The van der Waals surface area contributed by atoms with Crippen molar-refractivity contribution >= 4 is 20.6 Å². The molecule has 0 aromatic heterocycles. The van der Waals surface area contributed by atoms with Crippen molar-refractivity contribution in [2.75, 3.05) is 19.3 Å². The number of rotatable bonds is 1. The van der Waals surface area contributed by atoms with E-state index in [0.717, 1.165) is 18.7 Å². The predicted octanol–water partition coefficient (Wildman–Crippen LogP) is 0.619. The molecule has 0 aromatic rings. The highest BCUT2D eigenvalue weighted by Crippen LogP contribution is 2.18. The Labute approximate surface area is 67.9 Å². The van der Waals surface area contributed by atoms with Gasteiger partial charge in [0.05, 0.1) is 0 Å². The molecule has 2 unspecified atom stereocenters. The molecule has 1 aliphatic heterocycles. The standard InChI is InChI=1S/C6H14NOPS/c1-10(8)7-4-2-6(9)3-5-7/h6H,2-5,9H2,1H3. The average Bonchev–Trinajstić information content (AvgIpc) is 1.88. The Kier molecular flexibility index (Phi) is 3.44. The number of hydrogen-bond acceptors (Lipinski definition) is 2. The van der Waals surface area contributed by atoms with E-state index in [-0.39, 0.29) is 0 Å². The van der Waals surface area contributed by atoms with Crippen LogP contribution in [0.15, 0.2) is 0 Å². The fraction of sp³-hybridized carbons (Fsp3) is 1.00. The maximum Gasteiger partial charge on any atom is 0.115 e. The molecule has 0 radical (unpaired) electrons. The minimum Gasteiger partial charge on any atom is -0.598 e. The van der Waals surface area contributed by atoms with Gasteiger partial charge in [0.1, 0.15) is 6.26 Å². The lowest BCUT2D eigenvalue weighted by molar-refractivity contribution is 0.354. The molecule has 10 heavy (non-hydrogen) atoms. The van der Waals surface area contributed by atoms with Crippen LogP contribution in [0.4, 0.5) is 0 Å². The van der Waals surface area contributed by atoms with Crippen molar-refractivity contribution in [3.63, 3.8) is 0 Å². The zero-order chi connectivity index (χ0) is 7.56. The molecule has 0 aromatic carbocycles. The van der Waals surface area contributed by atoms with Crippen LogP contribution in [0.1, 0.15) is 12.8 Å². The van der Waals surface area contributed by atoms with Crippen LogP contribution in [0.5, 0.6) is 0 Å². The summed E-state index contributed by atoms with van der Waals surface area (Å²) in [4.78, 5) is 0. The van der Waals surface area contributed by atoms with E-state index in [1.165, 1.54) is 12.8 Å². The van der Waals surface area contributed by atoms with Gasteiger partial charge in [0, 0.05) is 24.5 Å². The Hall–Kier alpha value is 0.700. The smallest absolute Gasteiger partial charge is 0.115 e. The minimum atomic E-state index is -0.743. The van der Waals surface area contributed by atoms with E-state index in [1.807, 2.05) is 4.31 Å². The Morgan fingerprint density at radius 3 is 2.40 bits per heavy atom. The molecular weight excluding hydrogens is 165 g/mol. The van der Waals surface area contributed by atoms with Gasteiger partial charge < -0.3 is 4.55 Å².